The van der Waals surface area contributed by atoms with E-state index in [4.69, 9.17) is 36.1 Å². The van der Waals surface area contributed by atoms with Crippen LogP contribution in [0.5, 0.6) is 0 Å². The predicted octanol–water partition coefficient (Wildman–Crippen LogP) is 9.31. The first-order chi connectivity index (χ1) is 23.0. The van der Waals surface area contributed by atoms with Crippen LogP contribution in [-0.2, 0) is 21.3 Å². The van der Waals surface area contributed by atoms with Gasteiger partial charge in [-0.25, -0.2) is 19.4 Å². The van der Waals surface area contributed by atoms with Crippen LogP contribution < -0.4 is 4.90 Å². The van der Waals surface area contributed by atoms with Gasteiger partial charge in [0, 0.05) is 48.0 Å². The Balaban J connectivity index is 1.33. The minimum absolute atomic E-state index is 0.259. The zero-order valence-corrected chi connectivity index (χ0v) is 30.2. The lowest BCUT2D eigenvalue weighted by atomic mass is 9.72. The highest BCUT2D eigenvalue weighted by Gasteiger charge is 2.34. The second kappa shape index (κ2) is 13.1. The number of carbonyl (C=O) groups is 1. The van der Waals surface area contributed by atoms with Crippen LogP contribution in [0.3, 0.4) is 0 Å². The van der Waals surface area contributed by atoms with Gasteiger partial charge in [0.2, 0.25) is 0 Å². The van der Waals surface area contributed by atoms with Crippen LogP contribution in [0.1, 0.15) is 77.0 Å². The summed E-state index contributed by atoms with van der Waals surface area (Å²) in [7, 11) is 1.97. The van der Waals surface area contributed by atoms with Gasteiger partial charge in [-0.1, -0.05) is 43.0 Å². The van der Waals surface area contributed by atoms with Crippen LogP contribution >= 0.6 is 22.9 Å². The Morgan fingerprint density at radius 3 is 2.42 bits per heavy atom. The van der Waals surface area contributed by atoms with Gasteiger partial charge in [-0.3, -0.25) is 0 Å². The van der Waals surface area contributed by atoms with Crippen LogP contribution in [0.4, 0.5) is 5.82 Å². The molecule has 4 heterocycles. The number of hydrogen-bond donors (Lipinski definition) is 0. The van der Waals surface area contributed by atoms with Crippen LogP contribution in [0, 0.1) is 18.8 Å². The molecule has 3 aromatic heterocycles. The molecule has 252 valence electrons. The molecule has 0 amide bonds. The zero-order chi connectivity index (χ0) is 33.7. The first-order valence-corrected chi connectivity index (χ1v) is 18.3. The van der Waals surface area contributed by atoms with Gasteiger partial charge in [-0.05, 0) is 94.7 Å². The number of rotatable bonds is 8. The Kier molecular flexibility index (Phi) is 8.98. The quantitative estimate of drug-likeness (QED) is 0.151. The molecule has 7 rings (SSSR count). The van der Waals surface area contributed by atoms with Crippen molar-refractivity contribution in [3.63, 3.8) is 0 Å². The molecule has 0 radical (unpaired) electrons. The summed E-state index contributed by atoms with van der Waals surface area (Å²) < 4.78 is 14.9. The van der Waals surface area contributed by atoms with Crippen molar-refractivity contribution < 1.29 is 14.3 Å². The van der Waals surface area contributed by atoms with Gasteiger partial charge in [0.05, 0.1) is 27.8 Å². The van der Waals surface area contributed by atoms with Gasteiger partial charge in [0.15, 0.2) is 17.6 Å². The standard InChI is InChI=1S/C38H44ClN5O3S/c1-7-46-37(45)32(47-38(3,4)5)30-22(2)19-29-33(31(30)25-11-13-27(39)14-12-25)48-36(41-29)26-20-28-34(40-21-26)43(6)42-35(28)44-17-15-24(16-18-44)23-9-8-10-23/h11-14,19-21,23-24,32H,7-10,15-18H2,1-6H3/t32-/m0/s1. The maximum atomic E-state index is 13.5. The summed E-state index contributed by atoms with van der Waals surface area (Å²) in [6.45, 7) is 12.0. The predicted molar refractivity (Wildman–Crippen MR) is 195 cm³/mol. The average molecular weight is 686 g/mol. The van der Waals surface area contributed by atoms with Crippen molar-refractivity contribution in [2.24, 2.45) is 18.9 Å². The van der Waals surface area contributed by atoms with Crippen LogP contribution in [0.15, 0.2) is 42.6 Å². The first kappa shape index (κ1) is 33.0. The van der Waals surface area contributed by atoms with Crippen molar-refractivity contribution in [1.82, 2.24) is 19.7 Å². The van der Waals surface area contributed by atoms with E-state index in [9.17, 15) is 4.79 Å². The number of halogens is 1. The number of hydrogen-bond acceptors (Lipinski definition) is 8. The molecule has 2 aromatic carbocycles. The van der Waals surface area contributed by atoms with Crippen molar-refractivity contribution in [1.29, 1.82) is 0 Å². The SMILES string of the molecule is CCOC(=O)[C@@H](OC(C)(C)C)c1c(C)cc2nc(-c3cnc4c(c3)c(N3CCC(C5CCC5)CC3)nn4C)sc2c1-c1ccc(Cl)cc1. The van der Waals surface area contributed by atoms with E-state index in [1.165, 1.54) is 32.1 Å². The summed E-state index contributed by atoms with van der Waals surface area (Å²) in [5.41, 5.74) is 5.58. The van der Waals surface area contributed by atoms with E-state index in [-0.39, 0.29) is 6.61 Å². The van der Waals surface area contributed by atoms with Crippen LogP contribution in [-0.4, -0.2) is 51.0 Å². The molecule has 1 aliphatic carbocycles. The normalized spacial score (nSPS) is 16.9. The largest absolute Gasteiger partial charge is 0.464 e. The lowest BCUT2D eigenvalue weighted by Crippen LogP contribution is -2.38. The van der Waals surface area contributed by atoms with Crippen molar-refractivity contribution >= 4 is 56.0 Å². The minimum Gasteiger partial charge on any atom is -0.464 e. The number of ether oxygens (including phenoxy) is 2. The topological polar surface area (TPSA) is 82.4 Å². The number of esters is 1. The highest BCUT2D eigenvalue weighted by atomic mass is 35.5. The average Bonchev–Trinajstić information content (AvgIpc) is 3.59. The van der Waals surface area contributed by atoms with Gasteiger partial charge in [0.1, 0.15) is 5.01 Å². The van der Waals surface area contributed by atoms with Gasteiger partial charge in [-0.15, -0.1) is 11.3 Å². The molecule has 8 nitrogen and oxygen atoms in total. The zero-order valence-electron chi connectivity index (χ0n) is 28.7. The van der Waals surface area contributed by atoms with Gasteiger partial charge < -0.3 is 14.4 Å². The molecule has 5 aromatic rings. The van der Waals surface area contributed by atoms with Gasteiger partial charge in [-0.2, -0.15) is 5.10 Å². The Morgan fingerprint density at radius 2 is 1.77 bits per heavy atom. The van der Waals surface area contributed by atoms with Crippen LogP contribution in [0.2, 0.25) is 5.02 Å². The van der Waals surface area contributed by atoms with Crippen molar-refractivity contribution in [2.45, 2.75) is 78.4 Å². The number of carbonyl (C=O) groups excluding carboxylic acids is 1. The molecule has 48 heavy (non-hydrogen) atoms. The third kappa shape index (κ3) is 6.32. The van der Waals surface area contributed by atoms with Crippen molar-refractivity contribution in [3.8, 4) is 21.7 Å². The van der Waals surface area contributed by atoms with E-state index in [1.807, 2.05) is 76.8 Å². The third-order valence-corrected chi connectivity index (χ3v) is 11.2. The molecule has 0 bridgehead atoms. The Morgan fingerprint density at radius 1 is 1.06 bits per heavy atom. The second-order valence-corrected chi connectivity index (χ2v) is 15.7. The molecule has 10 heteroatoms. The third-order valence-electron chi connectivity index (χ3n) is 9.86. The Labute approximate surface area is 291 Å². The molecule has 2 aliphatic rings. The number of aryl methyl sites for hydroxylation is 2. The number of nitrogens with zero attached hydrogens (tertiary/aromatic N) is 5. The summed E-state index contributed by atoms with van der Waals surface area (Å²) in [4.78, 5) is 26.0. The summed E-state index contributed by atoms with van der Waals surface area (Å²) in [6.07, 6.45) is 7.64. The molecule has 1 saturated carbocycles. The van der Waals surface area contributed by atoms with E-state index in [2.05, 4.69) is 17.0 Å². The summed E-state index contributed by atoms with van der Waals surface area (Å²) in [5, 5.41) is 7.50. The minimum atomic E-state index is -0.921. The first-order valence-electron chi connectivity index (χ1n) is 17.1. The van der Waals surface area contributed by atoms with E-state index >= 15 is 0 Å². The molecule has 0 spiro atoms. The van der Waals surface area contributed by atoms with Crippen molar-refractivity contribution in [2.75, 3.05) is 24.6 Å². The van der Waals surface area contributed by atoms with Gasteiger partial charge >= 0.3 is 5.97 Å². The molecule has 1 aliphatic heterocycles. The molecular formula is C38H44ClN5O3S. The fourth-order valence-electron chi connectivity index (χ4n) is 7.34. The summed E-state index contributed by atoms with van der Waals surface area (Å²) >= 11 is 7.93. The smallest absolute Gasteiger partial charge is 0.339 e. The second-order valence-electron chi connectivity index (χ2n) is 14.3. The Bertz CT molecular complexity index is 1970. The number of anilines is 1. The molecular weight excluding hydrogens is 642 g/mol. The lowest BCUT2D eigenvalue weighted by molar-refractivity contribution is -0.166. The maximum Gasteiger partial charge on any atom is 0.339 e. The molecule has 1 saturated heterocycles. The molecule has 0 N–H and O–H groups in total. The lowest BCUT2D eigenvalue weighted by Gasteiger charge is -2.40. The summed E-state index contributed by atoms with van der Waals surface area (Å²) in [6, 6.07) is 12.0. The fraction of sp³-hybridized carbons (Fsp3) is 0.474. The number of aromatic nitrogens is 4. The van der Waals surface area contributed by atoms with Crippen molar-refractivity contribution in [3.05, 3.63) is 58.7 Å². The van der Waals surface area contributed by atoms with Gasteiger partial charge in [0.25, 0.3) is 0 Å². The number of thiazole rings is 1. The van der Waals surface area contributed by atoms with E-state index in [0.717, 1.165) is 84.8 Å². The maximum absolute atomic E-state index is 13.5. The monoisotopic (exact) mass is 685 g/mol. The molecule has 0 unspecified atom stereocenters. The number of piperidine rings is 1. The number of fused-ring (bicyclic) bond motifs is 2. The number of benzene rings is 2. The van der Waals surface area contributed by atoms with Crippen LogP contribution in [0.25, 0.3) is 42.9 Å². The highest BCUT2D eigenvalue weighted by molar-refractivity contribution is 7.22. The summed E-state index contributed by atoms with van der Waals surface area (Å²) in [5.74, 6) is 2.37. The Hall–Kier alpha value is -3.53. The molecule has 2 fully saturated rings. The van der Waals surface area contributed by atoms with E-state index in [1.54, 1.807) is 11.3 Å². The number of pyridine rings is 1. The highest BCUT2D eigenvalue weighted by Crippen LogP contribution is 2.45. The molecule has 1 atom stereocenters. The van der Waals surface area contributed by atoms with E-state index < -0.39 is 17.7 Å². The van der Waals surface area contributed by atoms with E-state index in [0.29, 0.717) is 5.02 Å². The fourth-order valence-corrected chi connectivity index (χ4v) is 8.57.